The van der Waals surface area contributed by atoms with Crippen LogP contribution in [-0.4, -0.2) is 33.7 Å². The maximum absolute atomic E-state index is 12.0. The summed E-state index contributed by atoms with van der Waals surface area (Å²) >= 11 is 1.23. The van der Waals surface area contributed by atoms with Crippen molar-refractivity contribution in [1.82, 2.24) is 10.2 Å². The molecule has 0 saturated heterocycles. The molecule has 0 aliphatic rings. The highest BCUT2D eigenvalue weighted by Crippen LogP contribution is 2.17. The second-order valence-electron chi connectivity index (χ2n) is 5.03. The van der Waals surface area contributed by atoms with Gasteiger partial charge < -0.3 is 16.0 Å². The Hall–Kier alpha value is -2.94. The molecule has 1 heterocycles. The molecule has 3 N–H and O–H groups in total. The molecule has 0 radical (unpaired) electrons. The van der Waals surface area contributed by atoms with Crippen LogP contribution in [0.5, 0.6) is 0 Å². The first-order chi connectivity index (χ1) is 11.9. The Morgan fingerprint density at radius 3 is 1.96 bits per heavy atom. The van der Waals surface area contributed by atoms with Crippen LogP contribution in [0.3, 0.4) is 0 Å². The van der Waals surface area contributed by atoms with E-state index in [4.69, 9.17) is 0 Å². The molecule has 1 aromatic heterocycles. The van der Waals surface area contributed by atoms with Crippen LogP contribution in [0.4, 0.5) is 17.2 Å². The number of amides is 3. The molecule has 0 aliphatic carbocycles. The van der Waals surface area contributed by atoms with Crippen molar-refractivity contribution in [3.05, 3.63) is 36.4 Å². The van der Waals surface area contributed by atoms with E-state index < -0.39 is 0 Å². The summed E-state index contributed by atoms with van der Waals surface area (Å²) in [6, 6.07) is 10.1. The van der Waals surface area contributed by atoms with Crippen molar-refractivity contribution < 1.29 is 14.4 Å². The van der Waals surface area contributed by atoms with Crippen molar-refractivity contribution in [2.45, 2.75) is 18.9 Å². The van der Waals surface area contributed by atoms with Crippen LogP contribution >= 0.6 is 11.8 Å². The molecule has 0 fully saturated rings. The van der Waals surface area contributed by atoms with Gasteiger partial charge in [-0.1, -0.05) is 11.8 Å². The number of rotatable bonds is 6. The first-order valence-corrected chi connectivity index (χ1v) is 8.32. The van der Waals surface area contributed by atoms with Gasteiger partial charge in [0, 0.05) is 25.2 Å². The number of thioether (sulfide) groups is 1. The predicted molar refractivity (Wildman–Crippen MR) is 96.4 cm³/mol. The lowest BCUT2D eigenvalue weighted by atomic mass is 10.3. The summed E-state index contributed by atoms with van der Waals surface area (Å²) in [6.07, 6.45) is 0. The van der Waals surface area contributed by atoms with Crippen LogP contribution in [0, 0.1) is 0 Å². The third-order valence-corrected chi connectivity index (χ3v) is 3.70. The van der Waals surface area contributed by atoms with Crippen molar-refractivity contribution in [3.8, 4) is 0 Å². The lowest BCUT2D eigenvalue weighted by Gasteiger charge is -2.07. The number of carbonyl (C=O) groups is 3. The van der Waals surface area contributed by atoms with E-state index in [1.807, 2.05) is 0 Å². The topological polar surface area (TPSA) is 113 Å². The monoisotopic (exact) mass is 359 g/mol. The average molecular weight is 359 g/mol. The molecule has 2 aromatic rings. The minimum atomic E-state index is -0.224. The zero-order valence-electron chi connectivity index (χ0n) is 13.7. The second kappa shape index (κ2) is 8.78. The van der Waals surface area contributed by atoms with E-state index in [1.165, 1.54) is 25.6 Å². The Bertz CT molecular complexity index is 762. The summed E-state index contributed by atoms with van der Waals surface area (Å²) in [4.78, 5) is 33.8. The van der Waals surface area contributed by atoms with Gasteiger partial charge in [0.1, 0.15) is 5.03 Å². The normalized spacial score (nSPS) is 10.0. The van der Waals surface area contributed by atoms with E-state index in [2.05, 4.69) is 26.1 Å². The molecule has 0 aliphatic heterocycles. The first-order valence-electron chi connectivity index (χ1n) is 7.34. The molecule has 2 rings (SSSR count). The van der Waals surface area contributed by atoms with Gasteiger partial charge in [-0.25, -0.2) is 0 Å². The molecule has 0 bridgehead atoms. The zero-order chi connectivity index (χ0) is 18.2. The van der Waals surface area contributed by atoms with Gasteiger partial charge in [-0.15, -0.1) is 10.2 Å². The number of hydrogen-bond acceptors (Lipinski definition) is 6. The quantitative estimate of drug-likeness (QED) is 0.681. The predicted octanol–water partition coefficient (Wildman–Crippen LogP) is 2.12. The number of aromatic nitrogens is 2. The van der Waals surface area contributed by atoms with Crippen molar-refractivity contribution in [2.24, 2.45) is 0 Å². The molecular formula is C16H17N5O3S. The van der Waals surface area contributed by atoms with E-state index in [0.717, 1.165) is 0 Å². The third kappa shape index (κ3) is 6.60. The van der Waals surface area contributed by atoms with Crippen molar-refractivity contribution >= 4 is 46.7 Å². The van der Waals surface area contributed by atoms with Crippen LogP contribution in [0.15, 0.2) is 41.4 Å². The Balaban J connectivity index is 1.82. The summed E-state index contributed by atoms with van der Waals surface area (Å²) in [5.74, 6) is -0.0373. The van der Waals surface area contributed by atoms with Crippen molar-refractivity contribution in [2.75, 3.05) is 21.7 Å². The van der Waals surface area contributed by atoms with Gasteiger partial charge in [0.05, 0.1) is 5.75 Å². The van der Waals surface area contributed by atoms with Crippen molar-refractivity contribution in [1.29, 1.82) is 0 Å². The van der Waals surface area contributed by atoms with Crippen LogP contribution in [0.2, 0.25) is 0 Å². The van der Waals surface area contributed by atoms with Crippen molar-refractivity contribution in [3.63, 3.8) is 0 Å². The summed E-state index contributed by atoms with van der Waals surface area (Å²) < 4.78 is 0. The Kier molecular flexibility index (Phi) is 6.47. The van der Waals surface area contributed by atoms with Crippen LogP contribution in [-0.2, 0) is 14.4 Å². The van der Waals surface area contributed by atoms with Gasteiger partial charge in [-0.3, -0.25) is 14.4 Å². The number of benzene rings is 1. The van der Waals surface area contributed by atoms with E-state index in [1.54, 1.807) is 36.4 Å². The molecule has 130 valence electrons. The van der Waals surface area contributed by atoms with Gasteiger partial charge in [-0.2, -0.15) is 0 Å². The molecule has 0 unspecified atom stereocenters. The number of hydrogen-bond donors (Lipinski definition) is 3. The van der Waals surface area contributed by atoms with Crippen LogP contribution in [0.1, 0.15) is 13.8 Å². The zero-order valence-corrected chi connectivity index (χ0v) is 14.5. The molecule has 0 saturated carbocycles. The highest BCUT2D eigenvalue weighted by atomic mass is 32.2. The number of anilines is 3. The molecule has 0 atom stereocenters. The fourth-order valence-corrected chi connectivity index (χ4v) is 2.43. The summed E-state index contributed by atoms with van der Waals surface area (Å²) in [5.41, 5.74) is 1.29. The first kappa shape index (κ1) is 18.4. The molecule has 9 heteroatoms. The summed E-state index contributed by atoms with van der Waals surface area (Å²) in [6.45, 7) is 2.82. The highest BCUT2D eigenvalue weighted by Gasteiger charge is 2.06. The highest BCUT2D eigenvalue weighted by molar-refractivity contribution is 7.99. The smallest absolute Gasteiger partial charge is 0.234 e. The van der Waals surface area contributed by atoms with E-state index in [0.29, 0.717) is 22.2 Å². The fraction of sp³-hybridized carbons (Fsp3) is 0.188. The number of nitrogens with one attached hydrogen (secondary N) is 3. The Labute approximate surface area is 148 Å². The Morgan fingerprint density at radius 1 is 0.840 bits per heavy atom. The average Bonchev–Trinajstić information content (AvgIpc) is 2.55. The molecule has 8 nitrogen and oxygen atoms in total. The third-order valence-electron chi connectivity index (χ3n) is 2.78. The Morgan fingerprint density at radius 2 is 1.44 bits per heavy atom. The molecule has 25 heavy (non-hydrogen) atoms. The van der Waals surface area contributed by atoms with Crippen LogP contribution in [0.25, 0.3) is 0 Å². The standard InChI is InChI=1S/C16H17N5O3S/c1-10(22)17-12-3-5-13(6-4-12)19-15(24)9-25-16-8-7-14(20-21-16)18-11(2)23/h3-8H,9H2,1-2H3,(H,17,22)(H,19,24)(H,18,20,23). The minimum absolute atomic E-state index is 0.154. The summed E-state index contributed by atoms with van der Waals surface area (Å²) in [5, 5.41) is 16.3. The molecule has 0 spiro atoms. The molecular weight excluding hydrogens is 342 g/mol. The lowest BCUT2D eigenvalue weighted by Crippen LogP contribution is -2.14. The SMILES string of the molecule is CC(=O)Nc1ccc(NC(=O)CSc2ccc(NC(C)=O)nn2)cc1. The molecule has 3 amide bonds. The maximum Gasteiger partial charge on any atom is 0.234 e. The van der Waals surface area contributed by atoms with E-state index >= 15 is 0 Å². The maximum atomic E-state index is 12.0. The number of nitrogens with zero attached hydrogens (tertiary/aromatic N) is 2. The van der Waals surface area contributed by atoms with Gasteiger partial charge >= 0.3 is 0 Å². The lowest BCUT2D eigenvalue weighted by molar-refractivity contribution is -0.115. The second-order valence-corrected chi connectivity index (χ2v) is 6.03. The van der Waals surface area contributed by atoms with Gasteiger partial charge in [0.25, 0.3) is 0 Å². The van der Waals surface area contributed by atoms with Crippen LogP contribution < -0.4 is 16.0 Å². The largest absolute Gasteiger partial charge is 0.326 e. The van der Waals surface area contributed by atoms with Gasteiger partial charge in [0.15, 0.2) is 5.82 Å². The van der Waals surface area contributed by atoms with Gasteiger partial charge in [-0.05, 0) is 36.4 Å². The minimum Gasteiger partial charge on any atom is -0.326 e. The summed E-state index contributed by atoms with van der Waals surface area (Å²) in [7, 11) is 0. The fourth-order valence-electron chi connectivity index (χ4n) is 1.82. The van der Waals surface area contributed by atoms with Gasteiger partial charge in [0.2, 0.25) is 17.7 Å². The number of carbonyl (C=O) groups excluding carboxylic acids is 3. The van der Waals surface area contributed by atoms with E-state index in [9.17, 15) is 14.4 Å². The molecule has 1 aromatic carbocycles. The van der Waals surface area contributed by atoms with E-state index in [-0.39, 0.29) is 23.5 Å².